The molecular weight excluding hydrogens is 553 g/mol. The summed E-state index contributed by atoms with van der Waals surface area (Å²) < 4.78 is 21.5. The SMILES string of the molecule is C/C1=C\CCCCCC(N=C(N)N)N(C2OC(COP(=O)(O)O)C(O)C2O)/C=N\C2=CC[C@H](CCCCCC1)C2=O. The summed E-state index contributed by atoms with van der Waals surface area (Å²) in [5.74, 6) is -0.374. The number of aliphatic imine (C=N–C) groups is 2. The molecule has 5 unspecified atom stereocenters. The highest BCUT2D eigenvalue weighted by Crippen LogP contribution is 2.38. The zero-order valence-electron chi connectivity index (χ0n) is 23.8. The van der Waals surface area contributed by atoms with Crippen LogP contribution in [0.25, 0.3) is 0 Å². The third-order valence-corrected chi connectivity index (χ3v) is 8.25. The number of aliphatic hydroxyl groups is 2. The minimum Gasteiger partial charge on any atom is -0.387 e. The van der Waals surface area contributed by atoms with Gasteiger partial charge in [-0.3, -0.25) is 9.32 Å². The first kappa shape index (κ1) is 33.4. The van der Waals surface area contributed by atoms with E-state index < -0.39 is 45.1 Å². The van der Waals surface area contributed by atoms with Crippen LogP contribution in [-0.4, -0.2) is 80.3 Å². The van der Waals surface area contributed by atoms with Crippen LogP contribution in [0, 0.1) is 5.92 Å². The van der Waals surface area contributed by atoms with Gasteiger partial charge in [0.2, 0.25) is 0 Å². The van der Waals surface area contributed by atoms with E-state index in [2.05, 4.69) is 27.5 Å². The molecule has 8 N–H and O–H groups in total. The Kier molecular flexibility index (Phi) is 13.0. The van der Waals surface area contributed by atoms with Gasteiger partial charge in [-0.1, -0.05) is 43.4 Å². The second-order valence-electron chi connectivity index (χ2n) is 11.1. The molecule has 3 rings (SSSR count). The fourth-order valence-corrected chi connectivity index (χ4v) is 5.80. The Bertz CT molecular complexity index is 1040. The summed E-state index contributed by atoms with van der Waals surface area (Å²) in [7, 11) is -4.84. The third-order valence-electron chi connectivity index (χ3n) is 7.76. The molecule has 0 aromatic carbocycles. The van der Waals surface area contributed by atoms with Crippen molar-refractivity contribution < 1.29 is 38.6 Å². The van der Waals surface area contributed by atoms with Crippen LogP contribution in [0.5, 0.6) is 0 Å². The van der Waals surface area contributed by atoms with Gasteiger partial charge in [-0.2, -0.15) is 0 Å². The van der Waals surface area contributed by atoms with Gasteiger partial charge in [0.05, 0.1) is 12.9 Å². The maximum Gasteiger partial charge on any atom is 0.469 e. The summed E-state index contributed by atoms with van der Waals surface area (Å²) in [6, 6.07) is 0. The minimum atomic E-state index is -4.84. The highest BCUT2D eigenvalue weighted by atomic mass is 31.2. The molecule has 3 aliphatic rings. The van der Waals surface area contributed by atoms with Gasteiger partial charge in [-0.25, -0.2) is 14.5 Å². The predicted octanol–water partition coefficient (Wildman–Crippen LogP) is 2.20. The maximum absolute atomic E-state index is 13.1. The van der Waals surface area contributed by atoms with Crippen LogP contribution in [0.4, 0.5) is 0 Å². The second kappa shape index (κ2) is 15.9. The number of nitrogens with two attached hydrogens (primary N) is 2. The summed E-state index contributed by atoms with van der Waals surface area (Å²) in [6.45, 7) is 1.51. The smallest absolute Gasteiger partial charge is 0.387 e. The van der Waals surface area contributed by atoms with E-state index in [1.165, 1.54) is 16.8 Å². The molecule has 2 bridgehead atoms. The van der Waals surface area contributed by atoms with Crippen molar-refractivity contribution in [2.45, 2.75) is 115 Å². The molecule has 0 amide bonds. The Hall–Kier alpha value is -2.12. The number of phosphoric ester groups is 1. The number of guanidine groups is 1. The zero-order chi connectivity index (χ0) is 30.0. The molecular formula is C27H46N5O8P. The first-order chi connectivity index (χ1) is 19.5. The van der Waals surface area contributed by atoms with Gasteiger partial charge in [0.15, 0.2) is 18.0 Å². The van der Waals surface area contributed by atoms with Gasteiger partial charge in [0.1, 0.15) is 30.2 Å². The van der Waals surface area contributed by atoms with E-state index >= 15 is 0 Å². The van der Waals surface area contributed by atoms with Gasteiger partial charge in [0.25, 0.3) is 0 Å². The Morgan fingerprint density at radius 3 is 2.54 bits per heavy atom. The predicted molar refractivity (Wildman–Crippen MR) is 154 cm³/mol. The molecule has 0 aromatic rings. The number of ketones is 1. The number of hydrogen-bond acceptors (Lipinski definition) is 9. The molecule has 1 saturated heterocycles. The molecule has 14 heteroatoms. The average Bonchev–Trinajstić information content (AvgIpc) is 3.39. The monoisotopic (exact) mass is 599 g/mol. The Labute approximate surface area is 241 Å². The Morgan fingerprint density at radius 2 is 1.80 bits per heavy atom. The van der Waals surface area contributed by atoms with Crippen molar-refractivity contribution in [3.05, 3.63) is 23.4 Å². The number of nitrogens with zero attached hydrogens (tertiary/aromatic N) is 3. The third kappa shape index (κ3) is 10.6. The van der Waals surface area contributed by atoms with Crippen LogP contribution in [-0.2, 0) is 18.6 Å². The lowest BCUT2D eigenvalue weighted by Crippen LogP contribution is -2.49. The zero-order valence-corrected chi connectivity index (χ0v) is 24.6. The van der Waals surface area contributed by atoms with Gasteiger partial charge >= 0.3 is 7.82 Å². The fraction of sp³-hybridized carbons (Fsp3) is 0.741. The van der Waals surface area contributed by atoms with Crippen molar-refractivity contribution in [3.8, 4) is 0 Å². The molecule has 0 saturated carbocycles. The largest absolute Gasteiger partial charge is 0.469 e. The first-order valence-corrected chi connectivity index (χ1v) is 16.0. The van der Waals surface area contributed by atoms with Crippen LogP contribution < -0.4 is 11.5 Å². The second-order valence-corrected chi connectivity index (χ2v) is 12.3. The molecule has 0 aromatic heterocycles. The van der Waals surface area contributed by atoms with E-state index in [9.17, 15) is 19.6 Å². The Balaban J connectivity index is 1.86. The van der Waals surface area contributed by atoms with Crippen molar-refractivity contribution >= 4 is 25.9 Å². The standard InChI is InChI=1S/C27H46N5O8P/c1-18-10-6-2-4-8-12-19-14-15-20(23(19)33)30-17-32(22(31-27(28)29)13-9-5-3-7-11-18)26-25(35)24(34)21(40-26)16-39-41(36,37)38/h11,15,17,19,21-22,24-26,34-35H,2-10,12-14,16H2,1H3,(H4,28,29,31)(H2,36,37,38)/b18-11+,30-17-/t19-,21?,22?,24?,25?,26?/m0/s1. The molecule has 0 radical (unpaired) electrons. The van der Waals surface area contributed by atoms with Crippen LogP contribution >= 0.6 is 7.82 Å². The van der Waals surface area contributed by atoms with Gasteiger partial charge in [0, 0.05) is 5.92 Å². The van der Waals surface area contributed by atoms with E-state index in [0.29, 0.717) is 18.5 Å². The minimum absolute atomic E-state index is 0.0476. The number of hydrogen-bond donors (Lipinski definition) is 6. The number of phosphoric acid groups is 1. The van der Waals surface area contributed by atoms with Crippen LogP contribution in [0.3, 0.4) is 0 Å². The van der Waals surface area contributed by atoms with Crippen molar-refractivity contribution in [1.82, 2.24) is 4.90 Å². The quantitative estimate of drug-likeness (QED) is 0.117. The van der Waals surface area contributed by atoms with E-state index in [1.54, 1.807) is 6.08 Å². The van der Waals surface area contributed by atoms with Crippen molar-refractivity contribution in [1.29, 1.82) is 0 Å². The van der Waals surface area contributed by atoms with Crippen LogP contribution in [0.2, 0.25) is 0 Å². The highest BCUT2D eigenvalue weighted by molar-refractivity contribution is 7.46. The molecule has 232 valence electrons. The van der Waals surface area contributed by atoms with Crippen molar-refractivity contribution in [2.24, 2.45) is 27.4 Å². The van der Waals surface area contributed by atoms with Crippen molar-refractivity contribution in [3.63, 3.8) is 0 Å². The first-order valence-electron chi connectivity index (χ1n) is 14.5. The summed E-state index contributed by atoms with van der Waals surface area (Å²) in [5.41, 5.74) is 13.2. The molecule has 0 spiro atoms. The van der Waals surface area contributed by atoms with Crippen molar-refractivity contribution in [2.75, 3.05) is 6.61 Å². The Morgan fingerprint density at radius 1 is 1.10 bits per heavy atom. The molecule has 13 nitrogen and oxygen atoms in total. The summed E-state index contributed by atoms with van der Waals surface area (Å²) >= 11 is 0. The molecule has 1 fully saturated rings. The number of Topliss-reactive ketones (excluding diaryl/α,β-unsaturated/α-hetero) is 1. The molecule has 2 aliphatic heterocycles. The lowest BCUT2D eigenvalue weighted by Gasteiger charge is -2.33. The lowest BCUT2D eigenvalue weighted by atomic mass is 9.96. The fourth-order valence-electron chi connectivity index (χ4n) is 5.46. The van der Waals surface area contributed by atoms with E-state index in [-0.39, 0.29) is 17.7 Å². The van der Waals surface area contributed by atoms with Gasteiger partial charge in [-0.05, 0) is 58.3 Å². The summed E-state index contributed by atoms with van der Waals surface area (Å²) in [5, 5.41) is 21.5. The molecule has 1 aliphatic carbocycles. The summed E-state index contributed by atoms with van der Waals surface area (Å²) in [6.07, 6.45) is 10.0. The van der Waals surface area contributed by atoms with E-state index in [1.807, 2.05) is 0 Å². The maximum atomic E-state index is 13.1. The average molecular weight is 600 g/mol. The number of allylic oxidation sites excluding steroid dienone is 4. The van der Waals surface area contributed by atoms with Crippen LogP contribution in [0.15, 0.2) is 33.4 Å². The molecule has 6 atom stereocenters. The van der Waals surface area contributed by atoms with E-state index in [4.69, 9.17) is 26.0 Å². The number of rotatable bonds is 5. The van der Waals surface area contributed by atoms with E-state index in [0.717, 1.165) is 64.2 Å². The highest BCUT2D eigenvalue weighted by Gasteiger charge is 2.47. The lowest BCUT2D eigenvalue weighted by molar-refractivity contribution is -0.118. The van der Waals surface area contributed by atoms with Gasteiger partial charge in [-0.15, -0.1) is 0 Å². The molecule has 2 heterocycles. The topological polar surface area (TPSA) is 214 Å². The number of carbonyl (C=O) groups is 1. The number of aliphatic hydroxyl groups excluding tert-OH is 2. The number of carbonyl (C=O) groups excluding carboxylic acids is 1. The number of ether oxygens (including phenoxy) is 1. The molecule has 41 heavy (non-hydrogen) atoms. The van der Waals surface area contributed by atoms with Gasteiger partial charge < -0.3 is 41.1 Å². The summed E-state index contributed by atoms with van der Waals surface area (Å²) in [4.78, 5) is 41.5. The number of fused-ring (bicyclic) bond motifs is 2. The van der Waals surface area contributed by atoms with Crippen LogP contribution in [0.1, 0.15) is 84.0 Å². The normalized spacial score (nSPS) is 33.5.